The zero-order valence-electron chi connectivity index (χ0n) is 25.5. The van der Waals surface area contributed by atoms with Crippen LogP contribution in [0.5, 0.6) is 5.75 Å². The van der Waals surface area contributed by atoms with E-state index in [2.05, 4.69) is 39.3 Å². The fraction of sp³-hybridized carbons (Fsp3) is 0.625. The van der Waals surface area contributed by atoms with Gasteiger partial charge >= 0.3 is 0 Å². The highest BCUT2D eigenvalue weighted by molar-refractivity contribution is 6.03. The SMILES string of the molecule is COc1cc(C(=O)NC(C)(C)CN2CCCCC2)ccc1Nc1ncc2c(n1)N(C1CCCC1)CC1(CC1)C(=O)N2C. The molecule has 2 aromatic rings. The zero-order chi connectivity index (χ0) is 29.5. The van der Waals surface area contributed by atoms with Gasteiger partial charge in [-0.25, -0.2) is 4.98 Å². The summed E-state index contributed by atoms with van der Waals surface area (Å²) in [5.74, 6) is 1.82. The Labute approximate surface area is 249 Å². The van der Waals surface area contributed by atoms with Crippen molar-refractivity contribution in [1.82, 2.24) is 20.2 Å². The number of amides is 2. The Kier molecular flexibility index (Phi) is 7.76. The van der Waals surface area contributed by atoms with Crippen LogP contribution in [0.4, 0.5) is 23.1 Å². The van der Waals surface area contributed by atoms with Gasteiger partial charge in [-0.15, -0.1) is 0 Å². The Balaban J connectivity index is 1.21. The Bertz CT molecular complexity index is 1330. The number of hydrogen-bond donors (Lipinski definition) is 2. The summed E-state index contributed by atoms with van der Waals surface area (Å²) in [6.45, 7) is 7.87. The Morgan fingerprint density at radius 1 is 1.12 bits per heavy atom. The number of benzene rings is 1. The van der Waals surface area contributed by atoms with Crippen LogP contribution in [0.2, 0.25) is 0 Å². The van der Waals surface area contributed by atoms with Crippen LogP contribution in [0.25, 0.3) is 0 Å². The molecule has 1 aromatic heterocycles. The van der Waals surface area contributed by atoms with E-state index in [1.54, 1.807) is 30.3 Å². The summed E-state index contributed by atoms with van der Waals surface area (Å²) in [5.41, 5.74) is 1.31. The molecule has 10 nitrogen and oxygen atoms in total. The van der Waals surface area contributed by atoms with Crippen LogP contribution >= 0.6 is 0 Å². The third kappa shape index (κ3) is 5.78. The van der Waals surface area contributed by atoms with E-state index in [0.717, 1.165) is 56.8 Å². The molecule has 0 bridgehead atoms. The number of ether oxygens (including phenoxy) is 1. The van der Waals surface area contributed by atoms with Crippen molar-refractivity contribution in [2.75, 3.05) is 55.5 Å². The maximum atomic E-state index is 13.4. The van der Waals surface area contributed by atoms with Crippen LogP contribution in [0.15, 0.2) is 24.4 Å². The molecular formula is C32H45N7O3. The van der Waals surface area contributed by atoms with Gasteiger partial charge in [0, 0.05) is 37.3 Å². The molecule has 4 aliphatic rings. The van der Waals surface area contributed by atoms with E-state index < -0.39 is 0 Å². The number of aromatic nitrogens is 2. The maximum absolute atomic E-state index is 13.4. The van der Waals surface area contributed by atoms with Crippen LogP contribution in [0.3, 0.4) is 0 Å². The third-order valence-corrected chi connectivity index (χ3v) is 9.46. The van der Waals surface area contributed by atoms with Gasteiger partial charge in [0.05, 0.1) is 24.4 Å². The molecule has 0 unspecified atom stereocenters. The maximum Gasteiger partial charge on any atom is 0.251 e. The van der Waals surface area contributed by atoms with Gasteiger partial charge in [-0.1, -0.05) is 19.3 Å². The summed E-state index contributed by atoms with van der Waals surface area (Å²) in [6, 6.07) is 5.78. The number of rotatable bonds is 8. The summed E-state index contributed by atoms with van der Waals surface area (Å²) in [7, 11) is 3.44. The number of nitrogens with one attached hydrogen (secondary N) is 2. The van der Waals surface area contributed by atoms with Crippen molar-refractivity contribution >= 4 is 35.0 Å². The summed E-state index contributed by atoms with van der Waals surface area (Å²) in [4.78, 5) is 42.7. The minimum Gasteiger partial charge on any atom is -0.495 e. The zero-order valence-corrected chi connectivity index (χ0v) is 25.5. The van der Waals surface area contributed by atoms with E-state index in [1.165, 1.54) is 32.1 Å². The number of methoxy groups -OCH3 is 1. The molecule has 226 valence electrons. The Hall–Kier alpha value is -3.40. The van der Waals surface area contributed by atoms with Gasteiger partial charge in [0.1, 0.15) is 11.4 Å². The third-order valence-electron chi connectivity index (χ3n) is 9.46. The van der Waals surface area contributed by atoms with Crippen molar-refractivity contribution in [3.8, 4) is 5.75 Å². The average molecular weight is 576 g/mol. The van der Waals surface area contributed by atoms with Crippen LogP contribution in [-0.4, -0.2) is 78.6 Å². The van der Waals surface area contributed by atoms with Gasteiger partial charge in [0.25, 0.3) is 5.91 Å². The molecule has 2 saturated carbocycles. The lowest BCUT2D eigenvalue weighted by molar-refractivity contribution is -0.122. The highest BCUT2D eigenvalue weighted by atomic mass is 16.5. The molecule has 0 atom stereocenters. The number of hydrogen-bond acceptors (Lipinski definition) is 8. The summed E-state index contributed by atoms with van der Waals surface area (Å²) in [5, 5.41) is 6.53. The van der Waals surface area contributed by atoms with E-state index in [1.807, 2.05) is 13.1 Å². The van der Waals surface area contributed by atoms with Crippen LogP contribution in [0, 0.1) is 5.41 Å². The second-order valence-electron chi connectivity index (χ2n) is 13.3. The van der Waals surface area contributed by atoms with Gasteiger partial charge in [-0.05, 0) is 83.7 Å². The molecule has 2 aliphatic carbocycles. The van der Waals surface area contributed by atoms with Crippen molar-refractivity contribution < 1.29 is 14.3 Å². The van der Waals surface area contributed by atoms with E-state index >= 15 is 0 Å². The first kappa shape index (κ1) is 28.7. The second-order valence-corrected chi connectivity index (χ2v) is 13.3. The summed E-state index contributed by atoms with van der Waals surface area (Å²) >= 11 is 0. The minimum atomic E-state index is -0.354. The highest BCUT2D eigenvalue weighted by Gasteiger charge is 2.55. The normalized spacial score (nSPS) is 20.8. The van der Waals surface area contributed by atoms with Gasteiger partial charge < -0.3 is 30.1 Å². The smallest absolute Gasteiger partial charge is 0.251 e. The first-order valence-electron chi connectivity index (χ1n) is 15.6. The second kappa shape index (κ2) is 11.4. The van der Waals surface area contributed by atoms with Crippen molar-refractivity contribution in [3.63, 3.8) is 0 Å². The molecule has 1 spiro atoms. The van der Waals surface area contributed by atoms with Gasteiger partial charge in [0.2, 0.25) is 11.9 Å². The number of piperidine rings is 1. The lowest BCUT2D eigenvalue weighted by Crippen LogP contribution is -2.52. The van der Waals surface area contributed by atoms with Crippen molar-refractivity contribution in [2.45, 2.75) is 83.2 Å². The largest absolute Gasteiger partial charge is 0.495 e. The molecule has 10 heteroatoms. The molecular weight excluding hydrogens is 530 g/mol. The van der Waals surface area contributed by atoms with Crippen LogP contribution in [-0.2, 0) is 4.79 Å². The fourth-order valence-electron chi connectivity index (χ4n) is 7.00. The number of carbonyl (C=O) groups excluding carboxylic acids is 2. The number of nitrogens with zero attached hydrogens (tertiary/aromatic N) is 5. The molecule has 42 heavy (non-hydrogen) atoms. The van der Waals surface area contributed by atoms with Gasteiger partial charge in [-0.3, -0.25) is 9.59 Å². The number of carbonyl (C=O) groups is 2. The molecule has 6 rings (SSSR count). The van der Waals surface area contributed by atoms with Crippen molar-refractivity contribution in [1.29, 1.82) is 0 Å². The molecule has 1 saturated heterocycles. The number of fused-ring (bicyclic) bond motifs is 1. The first-order valence-corrected chi connectivity index (χ1v) is 15.6. The van der Waals surface area contributed by atoms with Crippen molar-refractivity contribution in [2.24, 2.45) is 5.41 Å². The lowest BCUT2D eigenvalue weighted by Gasteiger charge is -2.35. The monoisotopic (exact) mass is 575 g/mol. The number of anilines is 4. The number of likely N-dealkylation sites (tertiary alicyclic amines) is 1. The lowest BCUT2D eigenvalue weighted by atomic mass is 10.0. The molecule has 0 radical (unpaired) electrons. The Morgan fingerprint density at radius 2 is 1.86 bits per heavy atom. The van der Waals surface area contributed by atoms with Crippen LogP contribution in [0.1, 0.15) is 82.0 Å². The fourth-order valence-corrected chi connectivity index (χ4v) is 7.00. The minimum absolute atomic E-state index is 0.128. The molecule has 2 aliphatic heterocycles. The van der Waals surface area contributed by atoms with E-state index in [4.69, 9.17) is 9.72 Å². The molecule has 1 aromatic carbocycles. The van der Waals surface area contributed by atoms with E-state index in [-0.39, 0.29) is 22.8 Å². The summed E-state index contributed by atoms with van der Waals surface area (Å²) < 4.78 is 5.69. The molecule has 2 N–H and O–H groups in total. The molecule has 3 heterocycles. The molecule has 2 amide bonds. The quantitative estimate of drug-likeness (QED) is 0.466. The van der Waals surface area contributed by atoms with Gasteiger partial charge in [0.15, 0.2) is 5.82 Å². The van der Waals surface area contributed by atoms with Gasteiger partial charge in [-0.2, -0.15) is 4.98 Å². The van der Waals surface area contributed by atoms with Crippen LogP contribution < -0.4 is 25.2 Å². The predicted octanol–water partition coefficient (Wildman–Crippen LogP) is 4.73. The highest BCUT2D eigenvalue weighted by Crippen LogP contribution is 2.52. The standard InChI is InChI=1S/C32H45N7O3/c1-31(2,20-38-16-8-5-9-17-38)36-28(40)22-12-13-24(26(18-22)42-4)34-30-33-19-25-27(35-30)39(23-10-6-7-11-23)21-32(14-15-32)29(41)37(25)3/h12-13,18-19,23H,5-11,14-17,20-21H2,1-4H3,(H,36,40)(H,33,34,35). The topological polar surface area (TPSA) is 103 Å². The van der Waals surface area contributed by atoms with E-state index in [9.17, 15) is 9.59 Å². The summed E-state index contributed by atoms with van der Waals surface area (Å²) in [6.07, 6.45) is 12.0. The molecule has 3 fully saturated rings. The van der Waals surface area contributed by atoms with Crippen molar-refractivity contribution in [3.05, 3.63) is 30.0 Å². The van der Waals surface area contributed by atoms with E-state index in [0.29, 0.717) is 35.5 Å². The predicted molar refractivity (Wildman–Crippen MR) is 165 cm³/mol. The Morgan fingerprint density at radius 3 is 2.55 bits per heavy atom. The average Bonchev–Trinajstić information content (AvgIpc) is 3.58. The first-order chi connectivity index (χ1) is 20.2.